The fourth-order valence-corrected chi connectivity index (χ4v) is 4.31. The first kappa shape index (κ1) is 24.1. The van der Waals surface area contributed by atoms with Crippen LogP contribution in [0.4, 0.5) is 5.88 Å². The molecule has 0 spiro atoms. The van der Waals surface area contributed by atoms with Gasteiger partial charge in [-0.25, -0.2) is 4.79 Å². The van der Waals surface area contributed by atoms with Gasteiger partial charge in [-0.05, 0) is 55.3 Å². The second-order valence-corrected chi connectivity index (χ2v) is 7.96. The zero-order valence-corrected chi connectivity index (χ0v) is 20.5. The van der Waals surface area contributed by atoms with Gasteiger partial charge in [0.05, 0.1) is 24.7 Å². The van der Waals surface area contributed by atoms with Crippen molar-refractivity contribution in [2.24, 2.45) is 0 Å². The van der Waals surface area contributed by atoms with Crippen LogP contribution in [0.1, 0.15) is 42.3 Å². The van der Waals surface area contributed by atoms with Gasteiger partial charge in [-0.15, -0.1) is 0 Å². The lowest BCUT2D eigenvalue weighted by Crippen LogP contribution is -2.25. The molecule has 3 aromatic carbocycles. The number of rotatable bonds is 8. The molecule has 0 saturated carbocycles. The highest BCUT2D eigenvalue weighted by atomic mass is 16.5. The van der Waals surface area contributed by atoms with E-state index in [1.54, 1.807) is 37.3 Å². The fourth-order valence-electron chi connectivity index (χ4n) is 4.31. The fraction of sp³-hybridized carbons (Fsp3) is 0.241. The van der Waals surface area contributed by atoms with Crippen LogP contribution in [0.15, 0.2) is 63.8 Å². The van der Waals surface area contributed by atoms with E-state index < -0.39 is 5.97 Å². The van der Waals surface area contributed by atoms with Crippen molar-refractivity contribution in [3.05, 3.63) is 81.5 Å². The molecule has 0 unspecified atom stereocenters. The highest BCUT2D eigenvalue weighted by molar-refractivity contribution is 6.06. The van der Waals surface area contributed by atoms with Crippen molar-refractivity contribution in [2.45, 2.75) is 20.8 Å². The summed E-state index contributed by atoms with van der Waals surface area (Å²) in [6.45, 7) is 7.38. The van der Waals surface area contributed by atoms with Crippen LogP contribution in [-0.2, 0) is 4.74 Å². The van der Waals surface area contributed by atoms with Gasteiger partial charge >= 0.3 is 5.97 Å². The molecule has 4 rings (SSSR count). The lowest BCUT2D eigenvalue weighted by Gasteiger charge is -2.21. The molecule has 6 nitrogen and oxygen atoms in total. The average Bonchev–Trinajstić information content (AvgIpc) is 2.88. The smallest absolute Gasteiger partial charge is 0.342 e. The third kappa shape index (κ3) is 4.52. The molecule has 0 saturated heterocycles. The molecule has 1 aromatic heterocycles. The number of anilines is 1. The number of nitrogens with zero attached hydrogens (tertiary/aromatic N) is 1. The summed E-state index contributed by atoms with van der Waals surface area (Å²) in [7, 11) is 1.51. The number of esters is 1. The average molecular weight is 472 g/mol. The van der Waals surface area contributed by atoms with Crippen molar-refractivity contribution in [1.29, 1.82) is 0 Å². The molecule has 0 atom stereocenters. The van der Waals surface area contributed by atoms with E-state index in [9.17, 15) is 9.59 Å². The van der Waals surface area contributed by atoms with Crippen molar-refractivity contribution < 1.29 is 18.7 Å². The topological polar surface area (TPSA) is 69.0 Å². The molecule has 0 amide bonds. The Hall–Kier alpha value is -4.06. The van der Waals surface area contributed by atoms with E-state index in [2.05, 4.69) is 0 Å². The predicted molar refractivity (Wildman–Crippen MR) is 141 cm³/mol. The van der Waals surface area contributed by atoms with E-state index in [0.29, 0.717) is 52.4 Å². The Kier molecular flexibility index (Phi) is 7.20. The maximum Gasteiger partial charge on any atom is 0.342 e. The minimum atomic E-state index is -0.481. The van der Waals surface area contributed by atoms with Crippen LogP contribution >= 0.6 is 0 Å². The van der Waals surface area contributed by atoms with Gasteiger partial charge < -0.3 is 18.8 Å². The van der Waals surface area contributed by atoms with Gasteiger partial charge in [-0.2, -0.15) is 0 Å². The summed E-state index contributed by atoms with van der Waals surface area (Å²) in [4.78, 5) is 28.6. The van der Waals surface area contributed by atoms with Crippen LogP contribution in [0.3, 0.4) is 0 Å². The normalized spacial score (nSPS) is 11.3. The van der Waals surface area contributed by atoms with Crippen LogP contribution in [0, 0.1) is 0 Å². The second-order valence-electron chi connectivity index (χ2n) is 7.96. The number of benzene rings is 3. The first-order valence-corrected chi connectivity index (χ1v) is 11.8. The Bertz CT molecular complexity index is 1460. The minimum Gasteiger partial charge on any atom is -0.496 e. The van der Waals surface area contributed by atoms with Gasteiger partial charge in [0, 0.05) is 13.1 Å². The van der Waals surface area contributed by atoms with Gasteiger partial charge in [0.25, 0.3) is 0 Å². The Morgan fingerprint density at radius 1 is 0.971 bits per heavy atom. The number of ether oxygens (including phenoxy) is 2. The summed E-state index contributed by atoms with van der Waals surface area (Å²) in [6.07, 6.45) is 3.46. The Balaban J connectivity index is 1.98. The zero-order valence-electron chi connectivity index (χ0n) is 20.5. The second kappa shape index (κ2) is 10.5. The van der Waals surface area contributed by atoms with Crippen molar-refractivity contribution in [1.82, 2.24) is 0 Å². The quantitative estimate of drug-likeness (QED) is 0.227. The molecule has 1 heterocycles. The van der Waals surface area contributed by atoms with Gasteiger partial charge in [0.15, 0.2) is 0 Å². The van der Waals surface area contributed by atoms with Crippen molar-refractivity contribution in [3.8, 4) is 5.75 Å². The van der Waals surface area contributed by atoms with Gasteiger partial charge in [-0.1, -0.05) is 48.5 Å². The van der Waals surface area contributed by atoms with Crippen LogP contribution < -0.4 is 15.1 Å². The molecular weight excluding hydrogens is 442 g/mol. The predicted octanol–water partition coefficient (Wildman–Crippen LogP) is 6.15. The maximum atomic E-state index is 13.9. The standard InChI is InChI=1S/C29H29NO5/c1-5-30(6-2)28-22(17-15-20-12-10-14-23(33-4)25(20)29(32)34-7-3)27(31)26-21-13-9-8-11-19(21)16-18-24(26)35-28/h8-18H,5-7H2,1-4H3/b17-15+. The van der Waals surface area contributed by atoms with Crippen LogP contribution in [0.5, 0.6) is 5.75 Å². The zero-order chi connectivity index (χ0) is 24.9. The summed E-state index contributed by atoms with van der Waals surface area (Å²) >= 11 is 0. The largest absolute Gasteiger partial charge is 0.496 e. The Morgan fingerprint density at radius 2 is 1.74 bits per heavy atom. The number of methoxy groups -OCH3 is 1. The Labute approximate surface area is 204 Å². The molecule has 180 valence electrons. The molecule has 35 heavy (non-hydrogen) atoms. The monoisotopic (exact) mass is 471 g/mol. The van der Waals surface area contributed by atoms with Gasteiger partial charge in [0.2, 0.25) is 11.3 Å². The summed E-state index contributed by atoms with van der Waals surface area (Å²) in [6, 6.07) is 16.9. The highest BCUT2D eigenvalue weighted by Gasteiger charge is 2.20. The summed E-state index contributed by atoms with van der Waals surface area (Å²) < 4.78 is 17.0. The molecule has 6 heteroatoms. The summed E-state index contributed by atoms with van der Waals surface area (Å²) in [5, 5.41) is 2.35. The van der Waals surface area contributed by atoms with Gasteiger partial charge in [0.1, 0.15) is 16.9 Å². The number of carbonyl (C=O) groups excluding carboxylic acids is 1. The minimum absolute atomic E-state index is 0.123. The van der Waals surface area contributed by atoms with Crippen molar-refractivity contribution >= 4 is 45.7 Å². The highest BCUT2D eigenvalue weighted by Crippen LogP contribution is 2.31. The van der Waals surface area contributed by atoms with E-state index in [1.165, 1.54) is 7.11 Å². The van der Waals surface area contributed by atoms with Crippen LogP contribution in [-0.4, -0.2) is 32.8 Å². The first-order valence-electron chi connectivity index (χ1n) is 11.8. The van der Waals surface area contributed by atoms with Crippen molar-refractivity contribution in [3.63, 3.8) is 0 Å². The number of hydrogen-bond acceptors (Lipinski definition) is 6. The van der Waals surface area contributed by atoms with E-state index in [4.69, 9.17) is 13.9 Å². The maximum absolute atomic E-state index is 13.9. The third-order valence-corrected chi connectivity index (χ3v) is 6.04. The van der Waals surface area contributed by atoms with Crippen LogP contribution in [0.2, 0.25) is 0 Å². The molecule has 0 fully saturated rings. The molecule has 0 aliphatic rings. The lowest BCUT2D eigenvalue weighted by molar-refractivity contribution is 0.0522. The van der Waals surface area contributed by atoms with E-state index >= 15 is 0 Å². The molecule has 4 aromatic rings. The van der Waals surface area contributed by atoms with Crippen molar-refractivity contribution in [2.75, 3.05) is 31.7 Å². The van der Waals surface area contributed by atoms with Crippen LogP contribution in [0.25, 0.3) is 33.9 Å². The molecular formula is C29H29NO5. The number of fused-ring (bicyclic) bond motifs is 3. The first-order chi connectivity index (χ1) is 17.0. The van der Waals surface area contributed by atoms with E-state index in [-0.39, 0.29) is 12.0 Å². The molecule has 0 N–H and O–H groups in total. The number of carbonyl (C=O) groups is 1. The molecule has 0 aliphatic heterocycles. The Morgan fingerprint density at radius 3 is 2.46 bits per heavy atom. The third-order valence-electron chi connectivity index (χ3n) is 6.04. The number of hydrogen-bond donors (Lipinski definition) is 0. The summed E-state index contributed by atoms with van der Waals surface area (Å²) in [5.74, 6) is 0.427. The van der Waals surface area contributed by atoms with E-state index in [1.807, 2.05) is 55.1 Å². The SMILES string of the molecule is CCOC(=O)c1c(/C=C/c2c(N(CC)CC)oc3ccc4ccccc4c3c2=O)cccc1OC. The molecule has 0 bridgehead atoms. The van der Waals surface area contributed by atoms with E-state index in [0.717, 1.165) is 10.8 Å². The molecule has 0 radical (unpaired) electrons. The van der Waals surface area contributed by atoms with Gasteiger partial charge in [-0.3, -0.25) is 4.79 Å². The summed E-state index contributed by atoms with van der Waals surface area (Å²) in [5.41, 5.74) is 1.75. The lowest BCUT2D eigenvalue weighted by atomic mass is 10.0. The molecule has 0 aliphatic carbocycles.